The summed E-state index contributed by atoms with van der Waals surface area (Å²) in [7, 11) is 0. The van der Waals surface area contributed by atoms with Crippen molar-refractivity contribution in [1.82, 2.24) is 15.6 Å². The highest BCUT2D eigenvalue weighted by atomic mass is 79.9. The fraction of sp³-hybridized carbons (Fsp3) is 0.333. The molecule has 1 aromatic heterocycles. The highest BCUT2D eigenvalue weighted by molar-refractivity contribution is 9.10. The molecule has 1 fully saturated rings. The first-order chi connectivity index (χ1) is 12.6. The van der Waals surface area contributed by atoms with Crippen LogP contribution >= 0.6 is 28.1 Å². The molecule has 138 valence electrons. The van der Waals surface area contributed by atoms with Crippen LogP contribution in [0, 0.1) is 5.82 Å². The molecule has 0 atom stereocenters. The van der Waals surface area contributed by atoms with Gasteiger partial charge in [-0.3, -0.25) is 0 Å². The van der Waals surface area contributed by atoms with E-state index in [2.05, 4.69) is 47.3 Å². The van der Waals surface area contributed by atoms with E-state index in [-0.39, 0.29) is 21.8 Å². The Morgan fingerprint density at radius 3 is 2.77 bits per heavy atom. The van der Waals surface area contributed by atoms with Crippen molar-refractivity contribution in [1.29, 1.82) is 0 Å². The Morgan fingerprint density at radius 2 is 2.08 bits per heavy atom. The molecule has 0 saturated heterocycles. The predicted molar refractivity (Wildman–Crippen MR) is 102 cm³/mol. The topological polar surface area (TPSA) is 108 Å². The molecule has 26 heavy (non-hydrogen) atoms. The fourth-order valence-corrected chi connectivity index (χ4v) is 3.31. The summed E-state index contributed by atoms with van der Waals surface area (Å²) in [5, 5.41) is 29.3. The van der Waals surface area contributed by atoms with Crippen molar-refractivity contribution in [2.24, 2.45) is 5.16 Å². The van der Waals surface area contributed by atoms with Crippen LogP contribution in [0.3, 0.4) is 0 Å². The Bertz CT molecular complexity index is 824. The van der Waals surface area contributed by atoms with Crippen LogP contribution in [-0.2, 0) is 0 Å². The number of anilines is 2. The second kappa shape index (κ2) is 8.41. The van der Waals surface area contributed by atoms with Crippen molar-refractivity contribution in [3.8, 4) is 0 Å². The largest absolute Gasteiger partial charge is 0.409 e. The number of halogens is 2. The average molecular weight is 443 g/mol. The first-order valence-electron chi connectivity index (χ1n) is 7.91. The fourth-order valence-electron chi connectivity index (χ4n) is 2.67. The average Bonchev–Trinajstić information content (AvgIpc) is 3.28. The number of nitrogens with one attached hydrogen (secondary N) is 3. The van der Waals surface area contributed by atoms with Gasteiger partial charge in [0.25, 0.3) is 0 Å². The summed E-state index contributed by atoms with van der Waals surface area (Å²) in [5.41, 5.74) is 0.607. The van der Waals surface area contributed by atoms with Gasteiger partial charge in [-0.2, -0.15) is 0 Å². The van der Waals surface area contributed by atoms with Crippen LogP contribution < -0.4 is 16.0 Å². The molecule has 0 radical (unpaired) electrons. The van der Waals surface area contributed by atoms with Gasteiger partial charge in [0.1, 0.15) is 5.82 Å². The van der Waals surface area contributed by atoms with Crippen molar-refractivity contribution in [3.05, 3.63) is 34.2 Å². The highest BCUT2D eigenvalue weighted by Gasteiger charge is 2.21. The summed E-state index contributed by atoms with van der Waals surface area (Å²) in [6.07, 6.45) is 4.48. The van der Waals surface area contributed by atoms with E-state index in [0.717, 1.165) is 12.8 Å². The number of aromatic nitrogens is 2. The molecule has 0 spiro atoms. The number of hydrogen-bond acceptors (Lipinski definition) is 6. The van der Waals surface area contributed by atoms with Gasteiger partial charge in [0.05, 0.1) is 4.47 Å². The van der Waals surface area contributed by atoms with Gasteiger partial charge in [0.15, 0.2) is 10.8 Å². The zero-order chi connectivity index (χ0) is 18.5. The van der Waals surface area contributed by atoms with Gasteiger partial charge in [-0.15, -0.1) is 0 Å². The number of oxime groups is 1. The number of benzene rings is 1. The van der Waals surface area contributed by atoms with E-state index in [9.17, 15) is 9.60 Å². The Labute approximate surface area is 162 Å². The lowest BCUT2D eigenvalue weighted by molar-refractivity contribution is 0.305. The van der Waals surface area contributed by atoms with Gasteiger partial charge in [-0.25, -0.2) is 9.02 Å². The minimum Gasteiger partial charge on any atom is -0.409 e. The molecule has 1 aromatic carbocycles. The first kappa shape index (κ1) is 18.5. The summed E-state index contributed by atoms with van der Waals surface area (Å²) in [5.74, 6) is -0.246. The molecule has 4 N–H and O–H groups in total. The summed E-state index contributed by atoms with van der Waals surface area (Å²) in [4.78, 5) is 0. The summed E-state index contributed by atoms with van der Waals surface area (Å²) in [6.45, 7) is 0. The molecule has 11 heteroatoms. The number of nitrogens with zero attached hydrogens (tertiary/aromatic N) is 3. The molecule has 1 saturated carbocycles. The molecule has 1 heterocycles. The van der Waals surface area contributed by atoms with Gasteiger partial charge in [-0.05, 0) is 69.5 Å². The predicted octanol–water partition coefficient (Wildman–Crippen LogP) is 3.45. The lowest BCUT2D eigenvalue weighted by atomic mass is 10.2. The lowest BCUT2D eigenvalue weighted by Crippen LogP contribution is -2.36. The normalized spacial score (nSPS) is 15.1. The molecule has 2 aromatic rings. The zero-order valence-corrected chi connectivity index (χ0v) is 15.9. The molecular weight excluding hydrogens is 427 g/mol. The molecule has 0 unspecified atom stereocenters. The SMILES string of the molecule is O/N=C(\Nc1ccc(F)c(Br)c1)c1nonc1NC(=S)NC1CCCC1. The smallest absolute Gasteiger partial charge is 0.208 e. The van der Waals surface area contributed by atoms with E-state index in [1.807, 2.05) is 0 Å². The van der Waals surface area contributed by atoms with Crippen LogP contribution in [0.4, 0.5) is 15.9 Å². The van der Waals surface area contributed by atoms with E-state index in [4.69, 9.17) is 16.8 Å². The minimum atomic E-state index is -0.410. The maximum Gasteiger partial charge on any atom is 0.208 e. The van der Waals surface area contributed by atoms with E-state index in [1.165, 1.54) is 31.0 Å². The van der Waals surface area contributed by atoms with Gasteiger partial charge < -0.3 is 21.2 Å². The Balaban J connectivity index is 1.70. The van der Waals surface area contributed by atoms with Crippen LogP contribution in [0.25, 0.3) is 0 Å². The van der Waals surface area contributed by atoms with Crippen molar-refractivity contribution in [2.45, 2.75) is 31.7 Å². The molecule has 0 amide bonds. The van der Waals surface area contributed by atoms with Crippen LogP contribution in [-0.4, -0.2) is 32.5 Å². The van der Waals surface area contributed by atoms with Gasteiger partial charge in [0, 0.05) is 11.7 Å². The van der Waals surface area contributed by atoms with E-state index < -0.39 is 5.82 Å². The standard InChI is InChI=1S/C15H16BrFN6O2S/c16-10-7-9(5-6-11(10)17)18-13(21-24)12-14(23-25-22-12)20-15(26)19-8-3-1-2-4-8/h5-8,24H,1-4H2,(H,18,21)(H2,19,20,23,26). The van der Waals surface area contributed by atoms with Crippen molar-refractivity contribution >= 4 is 50.6 Å². The molecule has 1 aliphatic rings. The maximum atomic E-state index is 13.3. The Kier molecular flexibility index (Phi) is 5.99. The second-order valence-corrected chi connectivity index (χ2v) is 7.01. The third kappa shape index (κ3) is 4.47. The second-order valence-electron chi connectivity index (χ2n) is 5.74. The molecule has 3 rings (SSSR count). The van der Waals surface area contributed by atoms with Crippen molar-refractivity contribution in [2.75, 3.05) is 10.6 Å². The summed E-state index contributed by atoms with van der Waals surface area (Å²) in [6, 6.07) is 4.58. The van der Waals surface area contributed by atoms with Crippen molar-refractivity contribution < 1.29 is 14.2 Å². The van der Waals surface area contributed by atoms with E-state index in [0.29, 0.717) is 16.8 Å². The van der Waals surface area contributed by atoms with Gasteiger partial charge in [-0.1, -0.05) is 18.0 Å². The molecule has 0 bridgehead atoms. The van der Waals surface area contributed by atoms with E-state index in [1.54, 1.807) is 0 Å². The molecule has 8 nitrogen and oxygen atoms in total. The quantitative estimate of drug-likeness (QED) is 0.187. The number of rotatable bonds is 4. The monoisotopic (exact) mass is 442 g/mol. The first-order valence-corrected chi connectivity index (χ1v) is 9.11. The Hall–Kier alpha value is -2.27. The van der Waals surface area contributed by atoms with Gasteiger partial charge in [0.2, 0.25) is 11.7 Å². The number of amidine groups is 1. The van der Waals surface area contributed by atoms with Crippen LogP contribution in [0.15, 0.2) is 32.5 Å². The van der Waals surface area contributed by atoms with Gasteiger partial charge >= 0.3 is 0 Å². The van der Waals surface area contributed by atoms with E-state index >= 15 is 0 Å². The zero-order valence-electron chi connectivity index (χ0n) is 13.5. The molecular formula is C15H16BrFN6O2S. The summed E-state index contributed by atoms with van der Waals surface area (Å²) >= 11 is 8.37. The molecule has 1 aliphatic carbocycles. The van der Waals surface area contributed by atoms with Crippen LogP contribution in [0.5, 0.6) is 0 Å². The maximum absolute atomic E-state index is 13.3. The lowest BCUT2D eigenvalue weighted by Gasteiger charge is -2.14. The third-order valence-corrected chi connectivity index (χ3v) is 4.75. The summed E-state index contributed by atoms with van der Waals surface area (Å²) < 4.78 is 18.3. The van der Waals surface area contributed by atoms with Crippen LogP contribution in [0.2, 0.25) is 0 Å². The Morgan fingerprint density at radius 1 is 1.31 bits per heavy atom. The third-order valence-electron chi connectivity index (χ3n) is 3.92. The van der Waals surface area contributed by atoms with Crippen LogP contribution in [0.1, 0.15) is 31.4 Å². The highest BCUT2D eigenvalue weighted by Crippen LogP contribution is 2.22. The van der Waals surface area contributed by atoms with Crippen molar-refractivity contribution in [3.63, 3.8) is 0 Å². The number of thiocarbonyl (C=S) groups is 1. The molecule has 0 aliphatic heterocycles. The number of hydrogen-bond donors (Lipinski definition) is 4. The minimum absolute atomic E-state index is 0.0316.